The summed E-state index contributed by atoms with van der Waals surface area (Å²) in [6, 6.07) is 4.81. The summed E-state index contributed by atoms with van der Waals surface area (Å²) in [5.41, 5.74) is 0.390. The highest BCUT2D eigenvalue weighted by atomic mass is 32.2. The Hall–Kier alpha value is -1.60. The minimum atomic E-state index is -3.69. The molecule has 6 nitrogen and oxygen atoms in total. The molecule has 0 aromatic heterocycles. The molecule has 0 bridgehead atoms. The van der Waals surface area contributed by atoms with Gasteiger partial charge in [0, 0.05) is 24.2 Å². The first-order valence-electron chi connectivity index (χ1n) is 8.43. The highest BCUT2D eigenvalue weighted by molar-refractivity contribution is 7.89. The van der Waals surface area contributed by atoms with Crippen LogP contribution in [0.5, 0.6) is 5.75 Å². The first-order chi connectivity index (χ1) is 11.4. The van der Waals surface area contributed by atoms with Crippen LogP contribution in [0.1, 0.15) is 49.4 Å². The van der Waals surface area contributed by atoms with Crippen molar-refractivity contribution in [1.29, 1.82) is 0 Å². The molecule has 1 atom stereocenters. The van der Waals surface area contributed by atoms with Crippen LogP contribution >= 0.6 is 0 Å². The average Bonchev–Trinajstić information content (AvgIpc) is 3.37. The summed E-state index contributed by atoms with van der Waals surface area (Å²) in [5, 5.41) is 0. The second kappa shape index (κ2) is 6.72. The zero-order valence-electron chi connectivity index (χ0n) is 14.1. The molecule has 1 aromatic carbocycles. The zero-order valence-corrected chi connectivity index (χ0v) is 14.9. The van der Waals surface area contributed by atoms with Crippen LogP contribution in [0.2, 0.25) is 0 Å². The van der Waals surface area contributed by atoms with E-state index in [1.807, 2.05) is 11.8 Å². The number of carbonyl (C=O) groups is 1. The molecule has 0 radical (unpaired) electrons. The largest absolute Gasteiger partial charge is 0.495 e. The Bertz CT molecular complexity index is 728. The van der Waals surface area contributed by atoms with E-state index in [9.17, 15) is 13.2 Å². The second-order valence-electron chi connectivity index (χ2n) is 6.60. The van der Waals surface area contributed by atoms with Gasteiger partial charge in [-0.15, -0.1) is 0 Å². The van der Waals surface area contributed by atoms with Crippen molar-refractivity contribution in [3.63, 3.8) is 0 Å². The quantitative estimate of drug-likeness (QED) is 0.881. The number of rotatable bonds is 5. The van der Waals surface area contributed by atoms with Crippen molar-refractivity contribution in [2.24, 2.45) is 0 Å². The van der Waals surface area contributed by atoms with Gasteiger partial charge in [-0.3, -0.25) is 4.79 Å². The zero-order chi connectivity index (χ0) is 17.3. The maximum atomic E-state index is 12.8. The van der Waals surface area contributed by atoms with E-state index in [4.69, 9.17) is 4.74 Å². The number of amides is 1. The Morgan fingerprint density at radius 1 is 1.25 bits per heavy atom. The third-order valence-electron chi connectivity index (χ3n) is 4.66. The highest BCUT2D eigenvalue weighted by Crippen LogP contribution is 2.29. The van der Waals surface area contributed by atoms with E-state index in [1.165, 1.54) is 13.2 Å². The van der Waals surface area contributed by atoms with E-state index in [1.54, 1.807) is 12.1 Å². The molecule has 1 heterocycles. The lowest BCUT2D eigenvalue weighted by molar-refractivity contribution is 0.0635. The van der Waals surface area contributed by atoms with Gasteiger partial charge in [-0.1, -0.05) is 0 Å². The third kappa shape index (κ3) is 3.57. The molecular formula is C17H24N2O4S. The van der Waals surface area contributed by atoms with Crippen molar-refractivity contribution in [3.8, 4) is 5.75 Å². The van der Waals surface area contributed by atoms with E-state index >= 15 is 0 Å². The highest BCUT2D eigenvalue weighted by Gasteiger charge is 2.31. The Balaban J connectivity index is 1.92. The van der Waals surface area contributed by atoms with Crippen molar-refractivity contribution in [2.75, 3.05) is 13.7 Å². The molecule has 1 unspecified atom stereocenters. The molecule has 3 rings (SSSR count). The van der Waals surface area contributed by atoms with Crippen LogP contribution in [0.25, 0.3) is 0 Å². The number of carbonyl (C=O) groups excluding carboxylic acids is 1. The molecule has 1 N–H and O–H groups in total. The first-order valence-corrected chi connectivity index (χ1v) is 9.92. The molecule has 7 heteroatoms. The monoisotopic (exact) mass is 352 g/mol. The average molecular weight is 352 g/mol. The summed E-state index contributed by atoms with van der Waals surface area (Å²) < 4.78 is 33.0. The Morgan fingerprint density at radius 3 is 2.62 bits per heavy atom. The number of nitrogens with zero attached hydrogens (tertiary/aromatic N) is 1. The summed E-state index contributed by atoms with van der Waals surface area (Å²) in [4.78, 5) is 14.7. The van der Waals surface area contributed by atoms with Gasteiger partial charge in [-0.05, 0) is 57.2 Å². The minimum absolute atomic E-state index is 0.00109. The van der Waals surface area contributed by atoms with Gasteiger partial charge in [0.15, 0.2) is 0 Å². The summed E-state index contributed by atoms with van der Waals surface area (Å²) >= 11 is 0. The number of nitrogens with one attached hydrogen (secondary N) is 1. The second-order valence-corrected chi connectivity index (χ2v) is 8.29. The maximum Gasteiger partial charge on any atom is 0.254 e. The van der Waals surface area contributed by atoms with Gasteiger partial charge < -0.3 is 9.64 Å². The topological polar surface area (TPSA) is 75.7 Å². The Labute approximate surface area is 143 Å². The van der Waals surface area contributed by atoms with Crippen LogP contribution in [0.4, 0.5) is 0 Å². The molecule has 1 saturated carbocycles. The maximum absolute atomic E-state index is 12.8. The molecular weight excluding hydrogens is 328 g/mol. The molecule has 1 aliphatic heterocycles. The van der Waals surface area contributed by atoms with Gasteiger partial charge in [0.2, 0.25) is 10.0 Å². The van der Waals surface area contributed by atoms with Crippen molar-refractivity contribution in [2.45, 2.75) is 56.0 Å². The summed E-state index contributed by atoms with van der Waals surface area (Å²) in [6.07, 6.45) is 4.80. The van der Waals surface area contributed by atoms with Crippen LogP contribution < -0.4 is 9.46 Å². The number of ether oxygens (including phenoxy) is 1. The van der Waals surface area contributed by atoms with Gasteiger partial charge in [-0.25, -0.2) is 13.1 Å². The van der Waals surface area contributed by atoms with Crippen LogP contribution in [0.3, 0.4) is 0 Å². The summed E-state index contributed by atoms with van der Waals surface area (Å²) in [5.74, 6) is 0.138. The fourth-order valence-electron chi connectivity index (χ4n) is 3.07. The molecule has 0 spiro atoms. The normalized spacial score (nSPS) is 21.6. The molecule has 1 aromatic rings. The molecule has 2 aliphatic rings. The smallest absolute Gasteiger partial charge is 0.254 e. The molecule has 1 aliphatic carbocycles. The van der Waals surface area contributed by atoms with Crippen LogP contribution in [-0.4, -0.2) is 45.0 Å². The first kappa shape index (κ1) is 17.2. The predicted molar refractivity (Wildman–Crippen MR) is 90.7 cm³/mol. The van der Waals surface area contributed by atoms with Crippen LogP contribution in [0.15, 0.2) is 23.1 Å². The predicted octanol–water partition coefficient (Wildman–Crippen LogP) is 2.15. The lowest BCUT2D eigenvalue weighted by Crippen LogP contribution is -2.42. The molecule has 1 amide bonds. The Kier molecular flexibility index (Phi) is 4.83. The van der Waals surface area contributed by atoms with Crippen LogP contribution in [-0.2, 0) is 10.0 Å². The van der Waals surface area contributed by atoms with E-state index in [0.717, 1.165) is 32.1 Å². The van der Waals surface area contributed by atoms with Gasteiger partial charge in [0.1, 0.15) is 10.6 Å². The van der Waals surface area contributed by atoms with Crippen molar-refractivity contribution in [3.05, 3.63) is 23.8 Å². The number of likely N-dealkylation sites (tertiary alicyclic amines) is 1. The van der Waals surface area contributed by atoms with E-state index in [2.05, 4.69) is 4.72 Å². The number of piperidine rings is 1. The van der Waals surface area contributed by atoms with Gasteiger partial charge in [0.05, 0.1) is 7.11 Å². The third-order valence-corrected chi connectivity index (χ3v) is 6.20. The van der Waals surface area contributed by atoms with Gasteiger partial charge in [0.25, 0.3) is 5.91 Å². The molecule has 1 saturated heterocycles. The fraction of sp³-hybridized carbons (Fsp3) is 0.588. The summed E-state index contributed by atoms with van der Waals surface area (Å²) in [6.45, 7) is 2.75. The number of methoxy groups -OCH3 is 1. The molecule has 132 valence electrons. The fourth-order valence-corrected chi connectivity index (χ4v) is 4.57. The van der Waals surface area contributed by atoms with Gasteiger partial charge in [-0.2, -0.15) is 0 Å². The Morgan fingerprint density at radius 2 is 2.00 bits per heavy atom. The number of benzene rings is 1. The lowest BCUT2D eigenvalue weighted by atomic mass is 10.0. The van der Waals surface area contributed by atoms with Crippen molar-refractivity contribution in [1.82, 2.24) is 9.62 Å². The lowest BCUT2D eigenvalue weighted by Gasteiger charge is -2.33. The van der Waals surface area contributed by atoms with Crippen molar-refractivity contribution >= 4 is 15.9 Å². The van der Waals surface area contributed by atoms with E-state index in [0.29, 0.717) is 12.1 Å². The number of hydrogen-bond acceptors (Lipinski definition) is 4. The SMILES string of the molecule is COc1ccc(C(=O)N2CCCCC2C)cc1S(=O)(=O)NC1CC1. The molecule has 24 heavy (non-hydrogen) atoms. The van der Waals surface area contributed by atoms with Gasteiger partial charge >= 0.3 is 0 Å². The number of sulfonamides is 1. The molecule has 2 fully saturated rings. The standard InChI is InChI=1S/C17H24N2O4S/c1-12-5-3-4-10-19(12)17(20)13-6-9-15(23-2)16(11-13)24(21,22)18-14-7-8-14/h6,9,11-12,14,18H,3-5,7-8,10H2,1-2H3. The minimum Gasteiger partial charge on any atom is -0.495 e. The van der Waals surface area contributed by atoms with Crippen molar-refractivity contribution < 1.29 is 17.9 Å². The van der Waals surface area contributed by atoms with E-state index in [-0.39, 0.29) is 28.6 Å². The summed E-state index contributed by atoms with van der Waals surface area (Å²) in [7, 11) is -2.26. The number of hydrogen-bond donors (Lipinski definition) is 1. The van der Waals surface area contributed by atoms with Crippen LogP contribution in [0, 0.1) is 0 Å². The van der Waals surface area contributed by atoms with E-state index < -0.39 is 10.0 Å².